The van der Waals surface area contributed by atoms with Gasteiger partial charge in [-0.1, -0.05) is 6.92 Å². The Kier molecular flexibility index (Phi) is 1.83. The highest BCUT2D eigenvalue weighted by atomic mass is 16.2. The number of aromatic nitrogens is 2. The van der Waals surface area contributed by atoms with Crippen LogP contribution in [-0.2, 0) is 17.9 Å². The summed E-state index contributed by atoms with van der Waals surface area (Å²) in [5.74, 6) is 0.206. The average molecular weight is 179 g/mol. The Labute approximate surface area is 76.9 Å². The van der Waals surface area contributed by atoms with Crippen molar-refractivity contribution < 1.29 is 4.79 Å². The van der Waals surface area contributed by atoms with E-state index in [1.54, 1.807) is 0 Å². The molecule has 13 heavy (non-hydrogen) atoms. The van der Waals surface area contributed by atoms with Crippen LogP contribution >= 0.6 is 0 Å². The first-order chi connectivity index (χ1) is 6.22. The Morgan fingerprint density at radius 1 is 1.62 bits per heavy atom. The van der Waals surface area contributed by atoms with E-state index in [-0.39, 0.29) is 5.91 Å². The Morgan fingerprint density at radius 2 is 2.38 bits per heavy atom. The van der Waals surface area contributed by atoms with E-state index in [0.717, 1.165) is 17.9 Å². The fourth-order valence-corrected chi connectivity index (χ4v) is 1.67. The molecule has 1 N–H and O–H groups in total. The third-order valence-electron chi connectivity index (χ3n) is 2.50. The molecule has 1 aliphatic heterocycles. The topological polar surface area (TPSA) is 49.0 Å². The molecule has 0 aromatic carbocycles. The Hall–Kier alpha value is -1.32. The van der Waals surface area contributed by atoms with Crippen molar-refractivity contribution in [2.24, 2.45) is 0 Å². The minimum Gasteiger partial charge on any atom is -0.332 e. The molecule has 1 aromatic rings. The molecule has 0 aliphatic carbocycles. The van der Waals surface area contributed by atoms with Crippen molar-refractivity contribution in [2.45, 2.75) is 33.4 Å². The van der Waals surface area contributed by atoms with E-state index in [2.05, 4.69) is 10.2 Å². The van der Waals surface area contributed by atoms with E-state index >= 15 is 0 Å². The van der Waals surface area contributed by atoms with Crippen LogP contribution < -0.4 is 0 Å². The fourth-order valence-electron chi connectivity index (χ4n) is 1.67. The van der Waals surface area contributed by atoms with Gasteiger partial charge in [0.2, 0.25) is 5.91 Å². The summed E-state index contributed by atoms with van der Waals surface area (Å²) in [7, 11) is 0. The zero-order chi connectivity index (χ0) is 9.42. The van der Waals surface area contributed by atoms with Crippen LogP contribution in [-0.4, -0.2) is 21.0 Å². The largest absolute Gasteiger partial charge is 0.332 e. The monoisotopic (exact) mass is 179 g/mol. The van der Waals surface area contributed by atoms with Gasteiger partial charge in [0.05, 0.1) is 12.2 Å². The maximum Gasteiger partial charge on any atom is 0.222 e. The third kappa shape index (κ3) is 1.22. The highest BCUT2D eigenvalue weighted by Gasteiger charge is 2.25. The second kappa shape index (κ2) is 2.87. The van der Waals surface area contributed by atoms with Gasteiger partial charge in [-0.15, -0.1) is 0 Å². The second-order valence-electron chi connectivity index (χ2n) is 3.38. The van der Waals surface area contributed by atoms with Crippen LogP contribution in [0.1, 0.15) is 30.3 Å². The summed E-state index contributed by atoms with van der Waals surface area (Å²) in [6.45, 7) is 5.28. The number of amides is 1. The number of nitrogens with zero attached hydrogens (tertiary/aromatic N) is 2. The number of nitrogens with one attached hydrogen (secondary N) is 1. The van der Waals surface area contributed by atoms with Gasteiger partial charge in [0.1, 0.15) is 0 Å². The molecule has 1 aromatic heterocycles. The van der Waals surface area contributed by atoms with Gasteiger partial charge in [0.15, 0.2) is 0 Å². The van der Waals surface area contributed by atoms with Crippen molar-refractivity contribution in [1.82, 2.24) is 15.1 Å². The van der Waals surface area contributed by atoms with Crippen molar-refractivity contribution in [3.8, 4) is 0 Å². The molecule has 4 nitrogen and oxygen atoms in total. The summed E-state index contributed by atoms with van der Waals surface area (Å²) in [6.07, 6.45) is 0.576. The molecule has 0 fully saturated rings. The molecule has 0 atom stereocenters. The quantitative estimate of drug-likeness (QED) is 0.698. The van der Waals surface area contributed by atoms with Gasteiger partial charge < -0.3 is 4.90 Å². The van der Waals surface area contributed by atoms with Crippen LogP contribution in [0.2, 0.25) is 0 Å². The van der Waals surface area contributed by atoms with Crippen molar-refractivity contribution in [3.05, 3.63) is 17.0 Å². The minimum absolute atomic E-state index is 0.206. The lowest BCUT2D eigenvalue weighted by Crippen LogP contribution is -2.24. The molecule has 0 saturated heterocycles. The number of hydrogen-bond acceptors (Lipinski definition) is 2. The highest BCUT2D eigenvalue weighted by molar-refractivity contribution is 5.76. The Bertz CT molecular complexity index is 343. The first-order valence-electron chi connectivity index (χ1n) is 4.53. The molecule has 70 valence electrons. The van der Waals surface area contributed by atoms with Crippen molar-refractivity contribution in [3.63, 3.8) is 0 Å². The van der Waals surface area contributed by atoms with Crippen LogP contribution in [0.15, 0.2) is 0 Å². The van der Waals surface area contributed by atoms with Crippen molar-refractivity contribution >= 4 is 5.91 Å². The standard InChI is InChI=1S/C9H13N3O/c1-3-9(13)12-4-7-6(2)10-11-8(7)5-12/h3-5H2,1-2H3,(H,10,11). The normalized spacial score (nSPS) is 14.8. The molecule has 0 bridgehead atoms. The number of H-pyrrole nitrogens is 1. The summed E-state index contributed by atoms with van der Waals surface area (Å²) < 4.78 is 0. The molecule has 0 unspecified atom stereocenters. The van der Waals surface area contributed by atoms with E-state index in [9.17, 15) is 4.79 Å². The van der Waals surface area contributed by atoms with Crippen molar-refractivity contribution in [1.29, 1.82) is 0 Å². The number of fused-ring (bicyclic) bond motifs is 1. The zero-order valence-electron chi connectivity index (χ0n) is 7.92. The third-order valence-corrected chi connectivity index (χ3v) is 2.50. The Morgan fingerprint density at radius 3 is 3.00 bits per heavy atom. The van der Waals surface area contributed by atoms with Crippen LogP contribution in [0.25, 0.3) is 0 Å². The fraction of sp³-hybridized carbons (Fsp3) is 0.556. The number of rotatable bonds is 1. The average Bonchev–Trinajstić information content (AvgIpc) is 2.67. The van der Waals surface area contributed by atoms with Crippen LogP contribution in [0.5, 0.6) is 0 Å². The van der Waals surface area contributed by atoms with Crippen molar-refractivity contribution in [2.75, 3.05) is 0 Å². The van der Waals surface area contributed by atoms with Gasteiger partial charge in [0, 0.05) is 24.2 Å². The lowest BCUT2D eigenvalue weighted by atomic mass is 10.2. The molecule has 0 radical (unpaired) electrons. The highest BCUT2D eigenvalue weighted by Crippen LogP contribution is 2.23. The van der Waals surface area contributed by atoms with Gasteiger partial charge >= 0.3 is 0 Å². The summed E-state index contributed by atoms with van der Waals surface area (Å²) in [5.41, 5.74) is 3.31. The number of aromatic amines is 1. The number of carbonyl (C=O) groups excluding carboxylic acids is 1. The molecule has 0 spiro atoms. The number of carbonyl (C=O) groups is 1. The lowest BCUT2D eigenvalue weighted by Gasteiger charge is -2.13. The first kappa shape index (κ1) is 8.29. The van der Waals surface area contributed by atoms with E-state index in [1.165, 1.54) is 5.56 Å². The molecular weight excluding hydrogens is 166 g/mol. The van der Waals surface area contributed by atoms with Crippen LogP contribution in [0, 0.1) is 6.92 Å². The van der Waals surface area contributed by atoms with E-state index < -0.39 is 0 Å². The number of aryl methyl sites for hydroxylation is 1. The molecule has 0 saturated carbocycles. The van der Waals surface area contributed by atoms with Crippen LogP contribution in [0.3, 0.4) is 0 Å². The van der Waals surface area contributed by atoms with Crippen LogP contribution in [0.4, 0.5) is 0 Å². The van der Waals surface area contributed by atoms with Gasteiger partial charge in [-0.05, 0) is 6.92 Å². The molecule has 1 amide bonds. The maximum atomic E-state index is 11.4. The summed E-state index contributed by atoms with van der Waals surface area (Å²) in [4.78, 5) is 13.2. The maximum absolute atomic E-state index is 11.4. The molecule has 1 aliphatic rings. The summed E-state index contributed by atoms with van der Waals surface area (Å²) in [5, 5.41) is 7.07. The predicted molar refractivity (Wildman–Crippen MR) is 47.9 cm³/mol. The minimum atomic E-state index is 0.206. The van der Waals surface area contributed by atoms with Gasteiger partial charge in [0.25, 0.3) is 0 Å². The summed E-state index contributed by atoms with van der Waals surface area (Å²) >= 11 is 0. The van der Waals surface area contributed by atoms with E-state index in [1.807, 2.05) is 18.7 Å². The predicted octanol–water partition coefficient (Wildman–Crippen LogP) is 0.970. The summed E-state index contributed by atoms with van der Waals surface area (Å²) in [6, 6.07) is 0. The number of hydrogen-bond donors (Lipinski definition) is 1. The molecular formula is C9H13N3O. The SMILES string of the molecule is CCC(=O)N1Cc2n[nH]c(C)c2C1. The molecule has 2 heterocycles. The van der Waals surface area contributed by atoms with E-state index in [4.69, 9.17) is 0 Å². The lowest BCUT2D eigenvalue weighted by molar-refractivity contribution is -0.131. The molecule has 4 heteroatoms. The van der Waals surface area contributed by atoms with Gasteiger partial charge in [-0.25, -0.2) is 0 Å². The van der Waals surface area contributed by atoms with E-state index in [0.29, 0.717) is 13.0 Å². The smallest absolute Gasteiger partial charge is 0.222 e. The second-order valence-corrected chi connectivity index (χ2v) is 3.38. The van der Waals surface area contributed by atoms with Gasteiger partial charge in [-0.3, -0.25) is 9.89 Å². The Balaban J connectivity index is 2.18. The molecule has 2 rings (SSSR count). The first-order valence-corrected chi connectivity index (χ1v) is 4.53. The zero-order valence-corrected chi connectivity index (χ0v) is 7.92. The van der Waals surface area contributed by atoms with Gasteiger partial charge in [-0.2, -0.15) is 5.10 Å².